The summed E-state index contributed by atoms with van der Waals surface area (Å²) in [5.74, 6) is 0. The van der Waals surface area contributed by atoms with Crippen molar-refractivity contribution in [1.29, 1.82) is 0 Å². The summed E-state index contributed by atoms with van der Waals surface area (Å²) in [5.41, 5.74) is 4.46. The van der Waals surface area contributed by atoms with Crippen LogP contribution in [0.5, 0.6) is 0 Å². The molecule has 2 unspecified atom stereocenters. The van der Waals surface area contributed by atoms with Crippen LogP contribution in [0.3, 0.4) is 0 Å². The number of hydrogen-bond donors (Lipinski definition) is 2. The molecule has 1 aromatic heterocycles. The summed E-state index contributed by atoms with van der Waals surface area (Å²) in [6.45, 7) is 6.78. The second kappa shape index (κ2) is 10.5. The van der Waals surface area contributed by atoms with E-state index < -0.39 is 0 Å². The van der Waals surface area contributed by atoms with Gasteiger partial charge in [-0.05, 0) is 0 Å². The van der Waals surface area contributed by atoms with E-state index >= 15 is 0 Å². The molecular weight excluding hydrogens is 514 g/mol. The third-order valence-electron chi connectivity index (χ3n) is 4.30. The Morgan fingerprint density at radius 3 is 2.29 bits per heavy atom. The van der Waals surface area contributed by atoms with Crippen LogP contribution in [0.4, 0.5) is 10.5 Å². The predicted octanol–water partition coefficient (Wildman–Crippen LogP) is 1.30. The van der Waals surface area contributed by atoms with Crippen LogP contribution in [0.15, 0.2) is 54.6 Å². The zero-order valence-electron chi connectivity index (χ0n) is 18.0. The third kappa shape index (κ3) is 7.21. The van der Waals surface area contributed by atoms with Crippen molar-refractivity contribution in [3.05, 3.63) is 65.9 Å². The third-order valence-corrected chi connectivity index (χ3v) is 5.72. The Kier molecular flexibility index (Phi) is 7.93. The Balaban J connectivity index is 1.76. The van der Waals surface area contributed by atoms with E-state index in [4.69, 9.17) is 4.74 Å². The van der Waals surface area contributed by atoms with Crippen molar-refractivity contribution < 1.29 is 9.53 Å². The number of hydrogen-bond acceptors (Lipinski definition) is 4. The van der Waals surface area contributed by atoms with E-state index in [-0.39, 0.29) is 11.6 Å². The second-order valence-electron chi connectivity index (χ2n) is 8.17. The summed E-state index contributed by atoms with van der Waals surface area (Å²) in [6, 6.07) is 17.6. The number of anilines is 1. The number of benzene rings is 2. The molecule has 8 heteroatoms. The molecule has 0 fully saturated rings. The number of nitrogens with zero attached hydrogens (tertiary/aromatic N) is 2. The number of nitrogens with one attached hydrogen (secondary N) is 2. The van der Waals surface area contributed by atoms with E-state index in [1.807, 2.05) is 75.4 Å². The van der Waals surface area contributed by atoms with Crippen molar-refractivity contribution in [1.82, 2.24) is 15.3 Å². The average Bonchev–Trinajstić information content (AvgIpc) is 2.68. The standard InChI is InChI=1S/C23H28As2N4O2/c1-23(2,3)29-22(30)26-17-11-9-16(10-12-17)19-18(27-21(25)28-20(19)24)14-31-13-15-7-5-4-6-8-15/h4-12H,13-14,24-25H2,1-3H3,(H2,26,29,30). The molecular formula is C23H28As2N4O2. The monoisotopic (exact) mass is 542 g/mol. The quantitative estimate of drug-likeness (QED) is 0.461. The van der Waals surface area contributed by atoms with Gasteiger partial charge in [0.15, 0.2) is 0 Å². The summed E-state index contributed by atoms with van der Waals surface area (Å²) in [7, 11) is 0. The summed E-state index contributed by atoms with van der Waals surface area (Å²) >= 11 is 2.85. The van der Waals surface area contributed by atoms with Crippen LogP contribution in [0.1, 0.15) is 32.0 Å². The van der Waals surface area contributed by atoms with Crippen LogP contribution in [0.2, 0.25) is 0 Å². The van der Waals surface area contributed by atoms with Gasteiger partial charge in [-0.2, -0.15) is 0 Å². The van der Waals surface area contributed by atoms with Gasteiger partial charge in [0.25, 0.3) is 0 Å². The summed E-state index contributed by atoms with van der Waals surface area (Å²) in [5, 5.41) is 5.76. The molecule has 0 aliphatic rings. The van der Waals surface area contributed by atoms with Gasteiger partial charge < -0.3 is 0 Å². The van der Waals surface area contributed by atoms with Crippen molar-refractivity contribution in [3.63, 3.8) is 0 Å². The molecule has 31 heavy (non-hydrogen) atoms. The normalized spacial score (nSPS) is 11.3. The summed E-state index contributed by atoms with van der Waals surface area (Å²) in [6.07, 6.45) is 0. The zero-order valence-corrected chi connectivity index (χ0v) is 22.8. The molecule has 0 saturated heterocycles. The van der Waals surface area contributed by atoms with Crippen LogP contribution in [-0.4, -0.2) is 55.2 Å². The van der Waals surface area contributed by atoms with Gasteiger partial charge in [0.2, 0.25) is 0 Å². The van der Waals surface area contributed by atoms with Crippen molar-refractivity contribution in [2.24, 2.45) is 0 Å². The van der Waals surface area contributed by atoms with Gasteiger partial charge in [-0.1, -0.05) is 0 Å². The Labute approximate surface area is 200 Å². The molecule has 6 nitrogen and oxygen atoms in total. The van der Waals surface area contributed by atoms with Crippen LogP contribution in [0, 0.1) is 0 Å². The van der Waals surface area contributed by atoms with Crippen LogP contribution < -0.4 is 19.7 Å². The van der Waals surface area contributed by atoms with E-state index in [9.17, 15) is 4.79 Å². The fourth-order valence-corrected chi connectivity index (χ4v) is 5.28. The number of urea groups is 1. The molecule has 0 aliphatic heterocycles. The minimum atomic E-state index is -0.293. The number of aromatic nitrogens is 2. The molecule has 3 aromatic rings. The fourth-order valence-electron chi connectivity index (χ4n) is 3.03. The van der Waals surface area contributed by atoms with Crippen molar-refractivity contribution >= 4 is 54.5 Å². The first-order valence-corrected chi connectivity index (χ1v) is 12.4. The summed E-state index contributed by atoms with van der Waals surface area (Å²) < 4.78 is 7.73. The van der Waals surface area contributed by atoms with Gasteiger partial charge in [-0.25, -0.2) is 0 Å². The topological polar surface area (TPSA) is 76.1 Å². The maximum absolute atomic E-state index is 12.1. The molecule has 2 N–H and O–H groups in total. The molecule has 1 heterocycles. The van der Waals surface area contributed by atoms with E-state index in [0.717, 1.165) is 37.2 Å². The van der Waals surface area contributed by atoms with E-state index in [0.29, 0.717) is 13.2 Å². The molecule has 2 amide bonds. The number of rotatable bonds is 6. The van der Waals surface area contributed by atoms with Crippen LogP contribution >= 0.6 is 0 Å². The molecule has 2 atom stereocenters. The Bertz CT molecular complexity index is 1040. The van der Waals surface area contributed by atoms with Gasteiger partial charge >= 0.3 is 201 Å². The average molecular weight is 542 g/mol. The van der Waals surface area contributed by atoms with Gasteiger partial charge in [0.05, 0.1) is 0 Å². The number of carbonyl (C=O) groups excluding carboxylic acids is 1. The van der Waals surface area contributed by atoms with Gasteiger partial charge in [0, 0.05) is 0 Å². The van der Waals surface area contributed by atoms with Crippen molar-refractivity contribution in [3.8, 4) is 11.1 Å². The van der Waals surface area contributed by atoms with Crippen LogP contribution in [-0.2, 0) is 18.0 Å². The zero-order chi connectivity index (χ0) is 22.4. The Morgan fingerprint density at radius 1 is 0.968 bits per heavy atom. The first kappa shape index (κ1) is 23.5. The van der Waals surface area contributed by atoms with Crippen LogP contribution in [0.25, 0.3) is 11.1 Å². The molecule has 0 bridgehead atoms. The Hall–Kier alpha value is -2.13. The molecule has 2 aromatic carbocycles. The van der Waals surface area contributed by atoms with Crippen molar-refractivity contribution in [2.75, 3.05) is 5.32 Å². The first-order valence-electron chi connectivity index (χ1n) is 9.94. The molecule has 0 saturated carbocycles. The first-order chi connectivity index (χ1) is 14.7. The van der Waals surface area contributed by atoms with Crippen molar-refractivity contribution in [2.45, 2.75) is 39.5 Å². The maximum atomic E-state index is 12.1. The fraction of sp³-hybridized carbons (Fsp3) is 0.261. The van der Waals surface area contributed by atoms with E-state index in [1.54, 1.807) is 0 Å². The van der Waals surface area contributed by atoms with Gasteiger partial charge in [-0.15, -0.1) is 0 Å². The van der Waals surface area contributed by atoms with Gasteiger partial charge in [0.1, 0.15) is 0 Å². The molecule has 162 valence electrons. The number of amides is 2. The minimum absolute atomic E-state index is 0.226. The predicted molar refractivity (Wildman–Crippen MR) is 131 cm³/mol. The number of carbonyl (C=O) groups is 1. The second-order valence-corrected chi connectivity index (χ2v) is 10.4. The molecule has 3 rings (SSSR count). The van der Waals surface area contributed by atoms with E-state index in [1.165, 1.54) is 33.7 Å². The summed E-state index contributed by atoms with van der Waals surface area (Å²) in [4.78, 5) is 21.4. The van der Waals surface area contributed by atoms with Gasteiger partial charge in [-0.3, -0.25) is 0 Å². The molecule has 0 aliphatic carbocycles. The van der Waals surface area contributed by atoms with E-state index in [2.05, 4.69) is 20.6 Å². The Morgan fingerprint density at radius 2 is 1.65 bits per heavy atom. The molecule has 0 radical (unpaired) electrons. The molecule has 0 spiro atoms. The number of ether oxygens (including phenoxy) is 1. The SMILES string of the molecule is CC(C)(C)NC(=O)Nc1ccc(-c2c([AsH2])nc([AsH2])nc2COCc2ccccc2)cc1.